The number of benzene rings is 1. The summed E-state index contributed by atoms with van der Waals surface area (Å²) in [5.41, 5.74) is 2.24. The normalized spacial score (nSPS) is 9.92. The Morgan fingerprint density at radius 2 is 1.62 bits per heavy atom. The first-order chi connectivity index (χ1) is 6.36. The van der Waals surface area contributed by atoms with Gasteiger partial charge in [-0.15, -0.1) is 0 Å². The maximum atomic E-state index is 3.82. The van der Waals surface area contributed by atoms with Crippen molar-refractivity contribution in [3.63, 3.8) is 0 Å². The van der Waals surface area contributed by atoms with Crippen molar-refractivity contribution in [2.24, 2.45) is 0 Å². The van der Waals surface area contributed by atoms with Gasteiger partial charge < -0.3 is 0 Å². The van der Waals surface area contributed by atoms with E-state index in [0.717, 1.165) is 15.6 Å². The minimum Gasteiger partial charge on any atom is -0.159 e. The Morgan fingerprint density at radius 3 is 2.23 bits per heavy atom. The molecule has 3 heteroatoms. The van der Waals surface area contributed by atoms with Gasteiger partial charge in [0.25, 0.3) is 0 Å². The molecule has 0 amide bonds. The van der Waals surface area contributed by atoms with Gasteiger partial charge in [0.1, 0.15) is 0 Å². The lowest BCUT2D eigenvalue weighted by atomic mass is 10.1. The van der Waals surface area contributed by atoms with Crippen LogP contribution in [-0.2, 0) is 0 Å². The minimum atomic E-state index is 1.08. The zero-order valence-electron chi connectivity index (χ0n) is 6.81. The van der Waals surface area contributed by atoms with E-state index in [-0.39, 0.29) is 0 Å². The van der Waals surface area contributed by atoms with E-state index in [2.05, 4.69) is 26.1 Å². The fourth-order valence-corrected chi connectivity index (χ4v) is 1.37. The highest BCUT2D eigenvalue weighted by atomic mass is 79.9. The summed E-state index contributed by atoms with van der Waals surface area (Å²) < 4.78 is 1.08. The minimum absolute atomic E-state index is 1.08. The van der Waals surface area contributed by atoms with Gasteiger partial charge in [0, 0.05) is 10.0 Å². The van der Waals surface area contributed by atoms with Crippen molar-refractivity contribution in [3.05, 3.63) is 47.2 Å². The largest absolute Gasteiger partial charge is 0.159 e. The van der Waals surface area contributed by atoms with Crippen LogP contribution >= 0.6 is 15.9 Å². The Morgan fingerprint density at radius 1 is 0.846 bits per heavy atom. The third kappa shape index (κ3) is 1.92. The molecule has 1 aromatic carbocycles. The third-order valence-corrected chi connectivity index (χ3v) is 2.29. The van der Waals surface area contributed by atoms with Crippen molar-refractivity contribution in [2.75, 3.05) is 0 Å². The Labute approximate surface area is 84.8 Å². The highest BCUT2D eigenvalue weighted by Gasteiger charge is 1.95. The Kier molecular flexibility index (Phi) is 2.36. The van der Waals surface area contributed by atoms with Crippen LogP contribution < -0.4 is 0 Å². The molecule has 13 heavy (non-hydrogen) atoms. The Balaban J connectivity index is 2.42. The zero-order valence-corrected chi connectivity index (χ0v) is 8.40. The van der Waals surface area contributed by atoms with E-state index >= 15 is 0 Å². The summed E-state index contributed by atoms with van der Waals surface area (Å²) in [5.74, 6) is 0. The van der Waals surface area contributed by atoms with Crippen LogP contribution in [0, 0.1) is 0 Å². The molecule has 64 valence electrons. The zero-order chi connectivity index (χ0) is 9.10. The molecule has 1 heterocycles. The molecule has 2 nitrogen and oxygen atoms in total. The van der Waals surface area contributed by atoms with Gasteiger partial charge in [0.05, 0.1) is 12.4 Å². The molecular formula is C10H7BrN2. The van der Waals surface area contributed by atoms with Gasteiger partial charge in [0.15, 0.2) is 0 Å². The van der Waals surface area contributed by atoms with Gasteiger partial charge in [0.2, 0.25) is 0 Å². The molecule has 0 N–H and O–H groups in total. The van der Waals surface area contributed by atoms with Crippen molar-refractivity contribution in [1.82, 2.24) is 10.2 Å². The quantitative estimate of drug-likeness (QED) is 0.759. The highest BCUT2D eigenvalue weighted by Crippen LogP contribution is 2.19. The summed E-state index contributed by atoms with van der Waals surface area (Å²) in [6, 6.07) is 10.0. The van der Waals surface area contributed by atoms with Crippen LogP contribution in [0.2, 0.25) is 0 Å². The average molecular weight is 235 g/mol. The molecule has 0 radical (unpaired) electrons. The maximum Gasteiger partial charge on any atom is 0.0574 e. The molecule has 1 aromatic heterocycles. The van der Waals surface area contributed by atoms with Crippen LogP contribution in [0.1, 0.15) is 0 Å². The van der Waals surface area contributed by atoms with Crippen LogP contribution in [-0.4, -0.2) is 10.2 Å². The van der Waals surface area contributed by atoms with Crippen LogP contribution in [0.5, 0.6) is 0 Å². The molecule has 0 bridgehead atoms. The fourth-order valence-electron chi connectivity index (χ4n) is 1.10. The molecule has 0 atom stereocenters. The second-order valence-corrected chi connectivity index (χ2v) is 3.55. The van der Waals surface area contributed by atoms with Crippen LogP contribution in [0.15, 0.2) is 47.2 Å². The predicted octanol–water partition coefficient (Wildman–Crippen LogP) is 2.91. The van der Waals surface area contributed by atoms with Crippen LogP contribution in [0.3, 0.4) is 0 Å². The second-order valence-electron chi connectivity index (χ2n) is 2.64. The summed E-state index contributed by atoms with van der Waals surface area (Å²) in [7, 11) is 0. The summed E-state index contributed by atoms with van der Waals surface area (Å²) >= 11 is 3.39. The maximum absolute atomic E-state index is 3.82. The molecule has 0 unspecified atom stereocenters. The van der Waals surface area contributed by atoms with Gasteiger partial charge in [-0.2, -0.15) is 10.2 Å². The van der Waals surface area contributed by atoms with E-state index < -0.39 is 0 Å². The number of hydrogen-bond donors (Lipinski definition) is 0. The van der Waals surface area contributed by atoms with Gasteiger partial charge in [-0.05, 0) is 23.8 Å². The SMILES string of the molecule is Brc1ccc(-c2ccnnc2)cc1. The standard InChI is InChI=1S/C10H7BrN2/c11-10-3-1-8(2-4-10)9-5-6-12-13-7-9/h1-7H. The van der Waals surface area contributed by atoms with E-state index in [0.29, 0.717) is 0 Å². The summed E-state index contributed by atoms with van der Waals surface area (Å²) in [6.07, 6.45) is 3.45. The van der Waals surface area contributed by atoms with Gasteiger partial charge >= 0.3 is 0 Å². The first kappa shape index (κ1) is 8.38. The molecule has 0 aliphatic rings. The topological polar surface area (TPSA) is 25.8 Å². The molecule has 0 saturated heterocycles. The number of rotatable bonds is 1. The van der Waals surface area contributed by atoms with Crippen molar-refractivity contribution >= 4 is 15.9 Å². The van der Waals surface area contributed by atoms with Gasteiger partial charge in [-0.3, -0.25) is 0 Å². The van der Waals surface area contributed by atoms with E-state index in [1.807, 2.05) is 30.3 Å². The van der Waals surface area contributed by atoms with Crippen molar-refractivity contribution in [3.8, 4) is 11.1 Å². The molecular weight excluding hydrogens is 228 g/mol. The van der Waals surface area contributed by atoms with Crippen LogP contribution in [0.4, 0.5) is 0 Å². The number of halogens is 1. The third-order valence-electron chi connectivity index (χ3n) is 1.76. The van der Waals surface area contributed by atoms with Crippen LogP contribution in [0.25, 0.3) is 11.1 Å². The lowest BCUT2D eigenvalue weighted by Gasteiger charge is -1.99. The summed E-state index contributed by atoms with van der Waals surface area (Å²) in [4.78, 5) is 0. The second kappa shape index (κ2) is 3.66. The molecule has 0 aliphatic heterocycles. The monoisotopic (exact) mass is 234 g/mol. The van der Waals surface area contributed by atoms with E-state index in [1.165, 1.54) is 0 Å². The molecule has 0 saturated carbocycles. The van der Waals surface area contributed by atoms with Gasteiger partial charge in [-0.1, -0.05) is 28.1 Å². The predicted molar refractivity (Wildman–Crippen MR) is 55.2 cm³/mol. The molecule has 2 rings (SSSR count). The van der Waals surface area contributed by atoms with E-state index in [9.17, 15) is 0 Å². The van der Waals surface area contributed by atoms with E-state index in [4.69, 9.17) is 0 Å². The van der Waals surface area contributed by atoms with Crippen molar-refractivity contribution in [2.45, 2.75) is 0 Å². The number of nitrogens with zero attached hydrogens (tertiary/aromatic N) is 2. The van der Waals surface area contributed by atoms with E-state index in [1.54, 1.807) is 12.4 Å². The molecule has 2 aromatic rings. The summed E-state index contributed by atoms with van der Waals surface area (Å²) in [6.45, 7) is 0. The lowest BCUT2D eigenvalue weighted by molar-refractivity contribution is 1.03. The van der Waals surface area contributed by atoms with Crippen molar-refractivity contribution < 1.29 is 0 Å². The first-order valence-electron chi connectivity index (χ1n) is 3.89. The first-order valence-corrected chi connectivity index (χ1v) is 4.68. The lowest BCUT2D eigenvalue weighted by Crippen LogP contribution is -1.81. The summed E-state index contributed by atoms with van der Waals surface area (Å²) in [5, 5.41) is 7.55. The fraction of sp³-hybridized carbons (Fsp3) is 0. The molecule has 0 spiro atoms. The van der Waals surface area contributed by atoms with Crippen molar-refractivity contribution in [1.29, 1.82) is 0 Å². The Bertz CT molecular complexity index is 383. The Hall–Kier alpha value is -1.22. The van der Waals surface area contributed by atoms with Gasteiger partial charge in [-0.25, -0.2) is 0 Å². The smallest absolute Gasteiger partial charge is 0.0574 e. The average Bonchev–Trinajstić information content (AvgIpc) is 2.20. The highest BCUT2D eigenvalue weighted by molar-refractivity contribution is 9.10. The number of aromatic nitrogens is 2. The molecule has 0 fully saturated rings. The number of hydrogen-bond acceptors (Lipinski definition) is 2. The molecule has 0 aliphatic carbocycles.